The molecule has 0 saturated heterocycles. The highest BCUT2D eigenvalue weighted by Gasteiger charge is 2.25. The Morgan fingerprint density at radius 2 is 1.96 bits per heavy atom. The van der Waals surface area contributed by atoms with E-state index in [4.69, 9.17) is 4.74 Å². The summed E-state index contributed by atoms with van der Waals surface area (Å²) in [5.41, 5.74) is -0.0748. The smallest absolute Gasteiger partial charge is 0.353 e. The lowest BCUT2D eigenvalue weighted by molar-refractivity contribution is -0.383. The van der Waals surface area contributed by atoms with E-state index in [1.165, 1.54) is 19.2 Å². The number of hydrogen-bond donors (Lipinski definition) is 2. The summed E-state index contributed by atoms with van der Waals surface area (Å²) >= 11 is 0. The van der Waals surface area contributed by atoms with Crippen molar-refractivity contribution in [3.63, 3.8) is 0 Å². The van der Waals surface area contributed by atoms with E-state index in [9.17, 15) is 10.1 Å². The molecular weight excluding hydrogens is 298 g/mol. The Morgan fingerprint density at radius 3 is 2.61 bits per heavy atom. The lowest BCUT2D eigenvalue weighted by atomic mass is 10.1. The van der Waals surface area contributed by atoms with Crippen LogP contribution in [0.25, 0.3) is 0 Å². The molecular formula is C15H25N5O3. The highest BCUT2D eigenvalue weighted by atomic mass is 16.6. The molecule has 0 amide bonds. The van der Waals surface area contributed by atoms with Gasteiger partial charge in [0.2, 0.25) is 11.6 Å². The normalized spacial score (nSPS) is 15.9. The third kappa shape index (κ3) is 5.31. The highest BCUT2D eigenvalue weighted by Crippen LogP contribution is 2.31. The first-order chi connectivity index (χ1) is 11.2. The predicted octanol–water partition coefficient (Wildman–Crippen LogP) is 2.97. The Kier molecular flexibility index (Phi) is 6.99. The SMILES string of the molecule is COCCCNc1ncnc(NC2CCCCCC2)c1[N+](=O)[O-]. The van der Waals surface area contributed by atoms with Crippen molar-refractivity contribution in [3.8, 4) is 0 Å². The molecule has 1 aliphatic carbocycles. The van der Waals surface area contributed by atoms with Crippen molar-refractivity contribution in [1.82, 2.24) is 9.97 Å². The standard InChI is InChI=1S/C15H25N5O3/c1-23-10-6-9-16-14-13(20(21)22)15(18-11-17-14)19-12-7-4-2-3-5-8-12/h11-12H,2-10H2,1H3,(H2,16,17,18,19). The second kappa shape index (κ2) is 9.24. The topological polar surface area (TPSA) is 102 Å². The third-order valence-electron chi connectivity index (χ3n) is 4.02. The maximum absolute atomic E-state index is 11.5. The van der Waals surface area contributed by atoms with Gasteiger partial charge in [-0.05, 0) is 19.3 Å². The summed E-state index contributed by atoms with van der Waals surface area (Å²) in [7, 11) is 1.63. The van der Waals surface area contributed by atoms with Crippen molar-refractivity contribution >= 4 is 17.3 Å². The van der Waals surface area contributed by atoms with E-state index < -0.39 is 4.92 Å². The van der Waals surface area contributed by atoms with Gasteiger partial charge in [-0.15, -0.1) is 0 Å². The zero-order valence-corrected chi connectivity index (χ0v) is 13.6. The summed E-state index contributed by atoms with van der Waals surface area (Å²) in [4.78, 5) is 19.2. The lowest BCUT2D eigenvalue weighted by Crippen LogP contribution is -2.20. The number of anilines is 2. The van der Waals surface area contributed by atoms with E-state index in [-0.39, 0.29) is 17.5 Å². The van der Waals surface area contributed by atoms with Crippen LogP contribution in [0.15, 0.2) is 6.33 Å². The van der Waals surface area contributed by atoms with E-state index in [2.05, 4.69) is 20.6 Å². The number of ether oxygens (including phenoxy) is 1. The Morgan fingerprint density at radius 1 is 1.26 bits per heavy atom. The zero-order chi connectivity index (χ0) is 16.5. The minimum atomic E-state index is -0.419. The monoisotopic (exact) mass is 323 g/mol. The van der Waals surface area contributed by atoms with Gasteiger partial charge in [0.1, 0.15) is 6.33 Å². The Labute approximate surface area is 136 Å². The van der Waals surface area contributed by atoms with Gasteiger partial charge in [0.15, 0.2) is 0 Å². The molecule has 1 fully saturated rings. The quantitative estimate of drug-likeness (QED) is 0.328. The summed E-state index contributed by atoms with van der Waals surface area (Å²) < 4.78 is 4.97. The summed E-state index contributed by atoms with van der Waals surface area (Å²) in [5.74, 6) is 0.573. The molecule has 1 aliphatic rings. The molecule has 0 aromatic carbocycles. The molecule has 23 heavy (non-hydrogen) atoms. The number of aromatic nitrogens is 2. The molecule has 1 aromatic heterocycles. The van der Waals surface area contributed by atoms with Gasteiger partial charge in [-0.2, -0.15) is 0 Å². The maximum atomic E-state index is 11.5. The van der Waals surface area contributed by atoms with Crippen molar-refractivity contribution in [1.29, 1.82) is 0 Å². The fourth-order valence-corrected chi connectivity index (χ4v) is 2.83. The summed E-state index contributed by atoms with van der Waals surface area (Å²) in [6, 6.07) is 0.243. The van der Waals surface area contributed by atoms with Crippen molar-refractivity contribution in [2.75, 3.05) is 30.9 Å². The molecule has 1 aromatic rings. The minimum Gasteiger partial charge on any atom is -0.385 e. The van der Waals surface area contributed by atoms with Crippen molar-refractivity contribution in [3.05, 3.63) is 16.4 Å². The first kappa shape index (κ1) is 17.4. The third-order valence-corrected chi connectivity index (χ3v) is 4.02. The molecule has 0 spiro atoms. The summed E-state index contributed by atoms with van der Waals surface area (Å²) in [5, 5.41) is 17.7. The van der Waals surface area contributed by atoms with Crippen LogP contribution in [0, 0.1) is 10.1 Å². The number of nitrogens with one attached hydrogen (secondary N) is 2. The van der Waals surface area contributed by atoms with Gasteiger partial charge in [0.25, 0.3) is 0 Å². The zero-order valence-electron chi connectivity index (χ0n) is 13.6. The van der Waals surface area contributed by atoms with E-state index in [0.717, 1.165) is 32.1 Å². The van der Waals surface area contributed by atoms with E-state index in [1.54, 1.807) is 7.11 Å². The van der Waals surface area contributed by atoms with Gasteiger partial charge >= 0.3 is 5.69 Å². The number of methoxy groups -OCH3 is 1. The second-order valence-electron chi connectivity index (χ2n) is 5.78. The molecule has 1 saturated carbocycles. The van der Waals surface area contributed by atoms with E-state index >= 15 is 0 Å². The number of nitrogens with zero attached hydrogens (tertiary/aromatic N) is 3. The summed E-state index contributed by atoms with van der Waals surface area (Å²) in [6.07, 6.45) is 8.94. The molecule has 1 heterocycles. The van der Waals surface area contributed by atoms with Crippen LogP contribution in [0.4, 0.5) is 17.3 Å². The van der Waals surface area contributed by atoms with Gasteiger partial charge in [-0.25, -0.2) is 9.97 Å². The largest absolute Gasteiger partial charge is 0.385 e. The molecule has 128 valence electrons. The molecule has 0 bridgehead atoms. The van der Waals surface area contributed by atoms with Gasteiger partial charge in [0.05, 0.1) is 4.92 Å². The Bertz CT molecular complexity index is 504. The molecule has 0 radical (unpaired) electrons. The van der Waals surface area contributed by atoms with E-state index in [0.29, 0.717) is 19.0 Å². The first-order valence-electron chi connectivity index (χ1n) is 8.21. The van der Waals surface area contributed by atoms with Gasteiger partial charge in [-0.3, -0.25) is 10.1 Å². The Hall–Kier alpha value is -1.96. The van der Waals surface area contributed by atoms with Crippen LogP contribution in [0.3, 0.4) is 0 Å². The van der Waals surface area contributed by atoms with Gasteiger partial charge in [0, 0.05) is 26.3 Å². The summed E-state index contributed by atoms with van der Waals surface area (Å²) in [6.45, 7) is 1.16. The van der Waals surface area contributed by atoms with Crippen LogP contribution in [0.2, 0.25) is 0 Å². The van der Waals surface area contributed by atoms with Crippen molar-refractivity contribution in [2.45, 2.75) is 51.0 Å². The lowest BCUT2D eigenvalue weighted by Gasteiger charge is -2.17. The van der Waals surface area contributed by atoms with Crippen LogP contribution in [0.5, 0.6) is 0 Å². The molecule has 2 N–H and O–H groups in total. The van der Waals surface area contributed by atoms with Gasteiger partial charge < -0.3 is 15.4 Å². The highest BCUT2D eigenvalue weighted by molar-refractivity contribution is 5.69. The van der Waals surface area contributed by atoms with Crippen LogP contribution < -0.4 is 10.6 Å². The van der Waals surface area contributed by atoms with Crippen molar-refractivity contribution in [2.24, 2.45) is 0 Å². The molecule has 0 unspecified atom stereocenters. The number of nitro groups is 1. The molecule has 0 atom stereocenters. The molecule has 2 rings (SSSR count). The molecule has 0 aliphatic heterocycles. The Balaban J connectivity index is 2.09. The van der Waals surface area contributed by atoms with Crippen LogP contribution in [0.1, 0.15) is 44.9 Å². The van der Waals surface area contributed by atoms with Crippen LogP contribution >= 0.6 is 0 Å². The fourth-order valence-electron chi connectivity index (χ4n) is 2.83. The first-order valence-corrected chi connectivity index (χ1v) is 8.21. The average Bonchev–Trinajstić information content (AvgIpc) is 2.80. The minimum absolute atomic E-state index is 0.0748. The molecule has 8 heteroatoms. The van der Waals surface area contributed by atoms with E-state index in [1.807, 2.05) is 0 Å². The average molecular weight is 323 g/mol. The van der Waals surface area contributed by atoms with Crippen molar-refractivity contribution < 1.29 is 9.66 Å². The fraction of sp³-hybridized carbons (Fsp3) is 0.733. The van der Waals surface area contributed by atoms with Crippen LogP contribution in [-0.2, 0) is 4.74 Å². The molecule has 8 nitrogen and oxygen atoms in total. The van der Waals surface area contributed by atoms with Crippen LogP contribution in [-0.4, -0.2) is 41.2 Å². The number of hydrogen-bond acceptors (Lipinski definition) is 7. The second-order valence-corrected chi connectivity index (χ2v) is 5.78. The maximum Gasteiger partial charge on any atom is 0.353 e. The predicted molar refractivity (Wildman–Crippen MR) is 88.8 cm³/mol. The van der Waals surface area contributed by atoms with Gasteiger partial charge in [-0.1, -0.05) is 25.7 Å². The number of rotatable bonds is 8.